The van der Waals surface area contributed by atoms with Crippen LogP contribution in [0.4, 0.5) is 5.95 Å². The molecule has 9 nitrogen and oxygen atoms in total. The van der Waals surface area contributed by atoms with Gasteiger partial charge in [-0.25, -0.2) is 0 Å². The van der Waals surface area contributed by atoms with Gasteiger partial charge in [-0.1, -0.05) is 74.5 Å². The van der Waals surface area contributed by atoms with Crippen molar-refractivity contribution in [1.82, 2.24) is 25.5 Å². The summed E-state index contributed by atoms with van der Waals surface area (Å²) in [6.07, 6.45) is 5.15. The van der Waals surface area contributed by atoms with E-state index in [-0.39, 0.29) is 29.2 Å². The molecule has 1 saturated carbocycles. The van der Waals surface area contributed by atoms with Crippen LogP contribution in [0.5, 0.6) is 0 Å². The zero-order valence-electron chi connectivity index (χ0n) is 23.7. The Bertz CT molecular complexity index is 1420. The summed E-state index contributed by atoms with van der Waals surface area (Å²) < 4.78 is 0. The molecule has 5 rings (SSSR count). The van der Waals surface area contributed by atoms with E-state index in [1.54, 1.807) is 30.3 Å². The minimum Gasteiger partial charge on any atom is -0.305 e. The fourth-order valence-corrected chi connectivity index (χ4v) is 6.71. The van der Waals surface area contributed by atoms with Crippen molar-refractivity contribution in [2.75, 3.05) is 5.32 Å². The molecule has 2 aliphatic rings. The predicted molar refractivity (Wildman–Crippen MR) is 160 cm³/mol. The van der Waals surface area contributed by atoms with Crippen molar-refractivity contribution >= 4 is 46.7 Å². The number of hydrogen-bond donors (Lipinski definition) is 2. The molecule has 0 radical (unpaired) electrons. The molecular formula is C30H35Cl2N7O2. The number of tetrazole rings is 1. The van der Waals surface area contributed by atoms with Gasteiger partial charge in [-0.05, 0) is 84.5 Å². The smallest absolute Gasteiger partial charge is 0.275 e. The maximum absolute atomic E-state index is 14.3. The molecule has 1 aromatic heterocycles. The minimum atomic E-state index is -0.655. The third-order valence-corrected chi connectivity index (χ3v) is 8.78. The number of halogens is 2. The second-order valence-electron chi connectivity index (χ2n) is 12.0. The van der Waals surface area contributed by atoms with Crippen LogP contribution >= 0.6 is 23.2 Å². The molecule has 2 N–H and O–H groups in total. The first-order valence-electron chi connectivity index (χ1n) is 14.1. The summed E-state index contributed by atoms with van der Waals surface area (Å²) in [5.41, 5.74) is 1.97. The Kier molecular flexibility index (Phi) is 8.21. The van der Waals surface area contributed by atoms with E-state index in [0.29, 0.717) is 32.8 Å². The SMILES string of the molecule is CCC[C@H](c1ccc(C(=O)Nc2nn[nH]n2)cc1)N1C(=O)C(c2cc(Cl)cc(Cl)c2)=NC12CCC(C(C)(C)C)CC2. The Morgan fingerprint density at radius 3 is 2.34 bits per heavy atom. The molecular weight excluding hydrogens is 561 g/mol. The molecule has 11 heteroatoms. The first-order valence-corrected chi connectivity index (χ1v) is 14.8. The van der Waals surface area contributed by atoms with Crippen LogP contribution < -0.4 is 5.32 Å². The van der Waals surface area contributed by atoms with Gasteiger partial charge in [0.1, 0.15) is 11.4 Å². The van der Waals surface area contributed by atoms with Gasteiger partial charge in [-0.3, -0.25) is 19.9 Å². The average molecular weight is 597 g/mol. The lowest BCUT2D eigenvalue weighted by Gasteiger charge is -2.47. The second-order valence-corrected chi connectivity index (χ2v) is 12.9. The maximum atomic E-state index is 14.3. The number of aromatic amines is 1. The van der Waals surface area contributed by atoms with Crippen molar-refractivity contribution in [2.24, 2.45) is 16.3 Å². The van der Waals surface area contributed by atoms with E-state index in [0.717, 1.165) is 44.1 Å². The number of hydrogen-bond acceptors (Lipinski definition) is 6. The molecule has 0 unspecified atom stereocenters. The highest BCUT2D eigenvalue weighted by Crippen LogP contribution is 2.50. The highest BCUT2D eigenvalue weighted by molar-refractivity contribution is 6.47. The molecule has 41 heavy (non-hydrogen) atoms. The normalized spacial score (nSPS) is 21.7. The summed E-state index contributed by atoms with van der Waals surface area (Å²) in [6, 6.07) is 12.3. The topological polar surface area (TPSA) is 116 Å². The van der Waals surface area contributed by atoms with Gasteiger partial charge < -0.3 is 4.90 Å². The van der Waals surface area contributed by atoms with Crippen molar-refractivity contribution in [3.63, 3.8) is 0 Å². The first kappa shape index (κ1) is 29.2. The molecule has 1 spiro atoms. The van der Waals surface area contributed by atoms with Gasteiger partial charge in [0.05, 0.1) is 6.04 Å². The molecule has 216 valence electrons. The Morgan fingerprint density at radius 2 is 1.78 bits per heavy atom. The molecule has 0 saturated heterocycles. The Balaban J connectivity index is 1.50. The second kappa shape index (κ2) is 11.5. The van der Waals surface area contributed by atoms with Crippen LogP contribution in [0, 0.1) is 11.3 Å². The van der Waals surface area contributed by atoms with Crippen LogP contribution in [0.2, 0.25) is 10.0 Å². The molecule has 3 aromatic rings. The lowest BCUT2D eigenvalue weighted by atomic mass is 9.69. The highest BCUT2D eigenvalue weighted by atomic mass is 35.5. The lowest BCUT2D eigenvalue weighted by molar-refractivity contribution is -0.133. The van der Waals surface area contributed by atoms with E-state index >= 15 is 0 Å². The van der Waals surface area contributed by atoms with Crippen molar-refractivity contribution < 1.29 is 9.59 Å². The number of H-pyrrole nitrogens is 1. The van der Waals surface area contributed by atoms with Crippen molar-refractivity contribution in [3.05, 3.63) is 69.2 Å². The van der Waals surface area contributed by atoms with E-state index in [9.17, 15) is 9.59 Å². The fraction of sp³-hybridized carbons (Fsp3) is 0.467. The standard InChI is InChI=1S/C30H35Cl2N7O2/c1-5-6-24(18-7-9-19(10-8-18)26(40)33-28-35-37-38-36-28)39-27(41)25(20-15-22(31)17-23(32)16-20)34-30(39)13-11-21(12-14-30)29(2,3)4/h7-10,15-17,21,24H,5-6,11-14H2,1-4H3,(H2,33,35,36,37,38,40)/t21?,24-,30?/m1/s1. The zero-order valence-corrected chi connectivity index (χ0v) is 25.3. The van der Waals surface area contributed by atoms with Gasteiger partial charge >= 0.3 is 0 Å². The average Bonchev–Trinajstić information content (AvgIpc) is 3.53. The highest BCUT2D eigenvalue weighted by Gasteiger charge is 2.52. The number of nitrogens with one attached hydrogen (secondary N) is 2. The predicted octanol–water partition coefficient (Wildman–Crippen LogP) is 6.86. The van der Waals surface area contributed by atoms with E-state index in [2.05, 4.69) is 53.6 Å². The van der Waals surface area contributed by atoms with Gasteiger partial charge in [-0.2, -0.15) is 5.21 Å². The van der Waals surface area contributed by atoms with Crippen LogP contribution in [-0.2, 0) is 4.79 Å². The number of carbonyl (C=O) groups is 2. The van der Waals surface area contributed by atoms with E-state index in [1.165, 1.54) is 0 Å². The van der Waals surface area contributed by atoms with E-state index < -0.39 is 5.66 Å². The van der Waals surface area contributed by atoms with Gasteiger partial charge in [0, 0.05) is 21.2 Å². The summed E-state index contributed by atoms with van der Waals surface area (Å²) >= 11 is 12.7. The molecule has 0 bridgehead atoms. The Hall–Kier alpha value is -3.30. The number of aromatic nitrogens is 4. The van der Waals surface area contributed by atoms with E-state index in [1.807, 2.05) is 17.0 Å². The van der Waals surface area contributed by atoms with Crippen LogP contribution in [0.1, 0.15) is 93.7 Å². The number of nitrogens with zero attached hydrogens (tertiary/aromatic N) is 5. The zero-order chi connectivity index (χ0) is 29.4. The summed E-state index contributed by atoms with van der Waals surface area (Å²) in [7, 11) is 0. The minimum absolute atomic E-state index is 0.101. The molecule has 1 aliphatic heterocycles. The lowest BCUT2D eigenvalue weighted by Crippen LogP contribution is -2.51. The molecule has 1 fully saturated rings. The Morgan fingerprint density at radius 1 is 1.12 bits per heavy atom. The third-order valence-electron chi connectivity index (χ3n) is 8.34. The summed E-state index contributed by atoms with van der Waals surface area (Å²) in [5.74, 6) is 0.188. The number of carbonyl (C=O) groups excluding carboxylic acids is 2. The quantitative estimate of drug-likeness (QED) is 0.309. The van der Waals surface area contributed by atoms with Crippen molar-refractivity contribution in [1.29, 1.82) is 0 Å². The van der Waals surface area contributed by atoms with Gasteiger partial charge in [0.2, 0.25) is 0 Å². The number of benzene rings is 2. The number of aliphatic imine (C=N–C) groups is 1. The number of anilines is 1. The van der Waals surface area contributed by atoms with Crippen LogP contribution in [0.3, 0.4) is 0 Å². The van der Waals surface area contributed by atoms with Crippen molar-refractivity contribution in [3.8, 4) is 0 Å². The Labute approximate surface area is 250 Å². The molecule has 2 aromatic carbocycles. The molecule has 1 aliphatic carbocycles. The van der Waals surface area contributed by atoms with Crippen LogP contribution in [0.15, 0.2) is 47.5 Å². The van der Waals surface area contributed by atoms with Crippen molar-refractivity contribution in [2.45, 2.75) is 77.9 Å². The molecule has 2 amide bonds. The fourth-order valence-electron chi connectivity index (χ4n) is 6.19. The molecule has 1 atom stereocenters. The number of amides is 2. The van der Waals surface area contributed by atoms with Gasteiger partial charge in [0.25, 0.3) is 17.8 Å². The third kappa shape index (κ3) is 6.02. The maximum Gasteiger partial charge on any atom is 0.275 e. The largest absolute Gasteiger partial charge is 0.305 e. The van der Waals surface area contributed by atoms with Gasteiger partial charge in [0.15, 0.2) is 0 Å². The van der Waals surface area contributed by atoms with Crippen LogP contribution in [-0.4, -0.2) is 48.7 Å². The molecule has 2 heterocycles. The summed E-state index contributed by atoms with van der Waals surface area (Å²) in [5, 5.41) is 16.9. The summed E-state index contributed by atoms with van der Waals surface area (Å²) in [6.45, 7) is 8.96. The number of rotatable bonds is 7. The first-order chi connectivity index (χ1) is 19.5. The van der Waals surface area contributed by atoms with Gasteiger partial charge in [-0.15, -0.1) is 5.10 Å². The summed E-state index contributed by atoms with van der Waals surface area (Å²) in [4.78, 5) is 34.3. The van der Waals surface area contributed by atoms with E-state index in [4.69, 9.17) is 28.2 Å². The van der Waals surface area contributed by atoms with Crippen LogP contribution in [0.25, 0.3) is 0 Å². The monoisotopic (exact) mass is 595 g/mol.